The molecule has 1 heterocycles. The van der Waals surface area contributed by atoms with Crippen molar-refractivity contribution in [2.45, 2.75) is 39.7 Å². The van der Waals surface area contributed by atoms with Crippen LogP contribution in [0.1, 0.15) is 45.2 Å². The predicted octanol–water partition coefficient (Wildman–Crippen LogP) is 5.40. The molecule has 0 spiro atoms. The summed E-state index contributed by atoms with van der Waals surface area (Å²) in [5.74, 6) is 0. The Kier molecular flexibility index (Phi) is 3.65. The van der Waals surface area contributed by atoms with Gasteiger partial charge in [-0.3, -0.25) is 0 Å². The molecule has 22 heavy (non-hydrogen) atoms. The molecule has 1 aliphatic heterocycles. The third kappa shape index (κ3) is 2.38. The molecule has 1 nitrogen and oxygen atoms in total. The van der Waals surface area contributed by atoms with E-state index < -0.39 is 0 Å². The Morgan fingerprint density at radius 2 is 1.32 bits per heavy atom. The molecule has 1 unspecified atom stereocenters. The number of rotatable bonds is 3. The van der Waals surface area contributed by atoms with Crippen molar-refractivity contribution < 1.29 is 4.74 Å². The van der Waals surface area contributed by atoms with Gasteiger partial charge >= 0.3 is 0 Å². The lowest BCUT2D eigenvalue weighted by atomic mass is 9.57. The van der Waals surface area contributed by atoms with Gasteiger partial charge in [0.05, 0.1) is 6.61 Å². The molecule has 2 aromatic rings. The first kappa shape index (κ1) is 15.3. The average molecular weight is 294 g/mol. The highest BCUT2D eigenvalue weighted by Gasteiger charge is 2.60. The van der Waals surface area contributed by atoms with Gasteiger partial charge in [-0.1, -0.05) is 88.4 Å². The normalized spacial score (nSPS) is 23.8. The third-order valence-corrected chi connectivity index (χ3v) is 4.74. The monoisotopic (exact) mass is 294 g/mol. The Morgan fingerprint density at radius 1 is 0.864 bits per heavy atom. The lowest BCUT2D eigenvalue weighted by molar-refractivity contribution is -0.255. The van der Waals surface area contributed by atoms with Crippen molar-refractivity contribution in [2.24, 2.45) is 10.8 Å². The maximum absolute atomic E-state index is 6.35. The largest absolute Gasteiger partial charge is 0.364 e. The van der Waals surface area contributed by atoms with Gasteiger partial charge in [0.2, 0.25) is 0 Å². The molecule has 0 aromatic heterocycles. The van der Waals surface area contributed by atoms with Gasteiger partial charge < -0.3 is 4.74 Å². The molecule has 1 atom stereocenters. The standard InChI is InChI=1S/C21H26O/c1-19(2,3)15-20(4)16-22-21(20,17-11-7-5-8-12-17)18-13-9-6-10-14-18/h5-14H,15-16H2,1-4H3. The van der Waals surface area contributed by atoms with Crippen LogP contribution in [0.15, 0.2) is 60.7 Å². The van der Waals surface area contributed by atoms with Crippen molar-refractivity contribution in [1.82, 2.24) is 0 Å². The smallest absolute Gasteiger partial charge is 0.126 e. The Balaban J connectivity index is 2.14. The molecule has 0 N–H and O–H groups in total. The van der Waals surface area contributed by atoms with E-state index in [0.29, 0.717) is 0 Å². The minimum Gasteiger partial charge on any atom is -0.364 e. The van der Waals surface area contributed by atoms with Crippen molar-refractivity contribution in [3.05, 3.63) is 71.8 Å². The summed E-state index contributed by atoms with van der Waals surface area (Å²) in [6, 6.07) is 21.4. The van der Waals surface area contributed by atoms with Gasteiger partial charge in [0, 0.05) is 5.41 Å². The topological polar surface area (TPSA) is 9.23 Å². The van der Waals surface area contributed by atoms with Gasteiger partial charge in [-0.25, -0.2) is 0 Å². The molecule has 1 fully saturated rings. The first-order valence-corrected chi connectivity index (χ1v) is 8.12. The molecule has 3 rings (SSSR count). The zero-order chi connectivity index (χ0) is 15.8. The van der Waals surface area contributed by atoms with E-state index in [2.05, 4.69) is 88.4 Å². The Hall–Kier alpha value is -1.60. The Labute approximate surface area is 134 Å². The summed E-state index contributed by atoms with van der Waals surface area (Å²) in [4.78, 5) is 0. The second-order valence-corrected chi connectivity index (χ2v) is 8.00. The van der Waals surface area contributed by atoms with Crippen LogP contribution in [0.25, 0.3) is 0 Å². The van der Waals surface area contributed by atoms with Gasteiger partial charge in [-0.2, -0.15) is 0 Å². The summed E-state index contributed by atoms with van der Waals surface area (Å²) in [7, 11) is 0. The predicted molar refractivity (Wildman–Crippen MR) is 91.8 cm³/mol. The van der Waals surface area contributed by atoms with Gasteiger partial charge in [0.1, 0.15) is 5.60 Å². The fourth-order valence-corrected chi connectivity index (χ4v) is 4.18. The van der Waals surface area contributed by atoms with Crippen molar-refractivity contribution in [3.63, 3.8) is 0 Å². The first-order chi connectivity index (χ1) is 10.4. The maximum atomic E-state index is 6.35. The van der Waals surface area contributed by atoms with E-state index in [-0.39, 0.29) is 16.4 Å². The number of benzene rings is 2. The summed E-state index contributed by atoms with van der Waals surface area (Å²) < 4.78 is 6.35. The van der Waals surface area contributed by atoms with Crippen molar-refractivity contribution in [3.8, 4) is 0 Å². The quantitative estimate of drug-likeness (QED) is 0.736. The van der Waals surface area contributed by atoms with E-state index in [0.717, 1.165) is 13.0 Å². The van der Waals surface area contributed by atoms with Gasteiger partial charge in [-0.15, -0.1) is 0 Å². The molecule has 1 aliphatic rings. The van der Waals surface area contributed by atoms with Crippen LogP contribution in [0.4, 0.5) is 0 Å². The van der Waals surface area contributed by atoms with E-state index >= 15 is 0 Å². The summed E-state index contributed by atoms with van der Waals surface area (Å²) in [5.41, 5.74) is 2.57. The highest BCUT2D eigenvalue weighted by atomic mass is 16.5. The lowest BCUT2D eigenvalue weighted by Gasteiger charge is -2.59. The van der Waals surface area contributed by atoms with Gasteiger partial charge in [-0.05, 0) is 23.0 Å². The van der Waals surface area contributed by atoms with Crippen LogP contribution in [-0.4, -0.2) is 6.61 Å². The number of ether oxygens (including phenoxy) is 1. The van der Waals surface area contributed by atoms with Gasteiger partial charge in [0.15, 0.2) is 0 Å². The minimum absolute atomic E-state index is 0.105. The zero-order valence-corrected chi connectivity index (χ0v) is 14.1. The van der Waals surface area contributed by atoms with Gasteiger partial charge in [0.25, 0.3) is 0 Å². The van der Waals surface area contributed by atoms with E-state index in [1.807, 2.05) is 0 Å². The average Bonchev–Trinajstić information content (AvgIpc) is 2.47. The van der Waals surface area contributed by atoms with E-state index in [9.17, 15) is 0 Å². The second-order valence-electron chi connectivity index (χ2n) is 8.00. The highest BCUT2D eigenvalue weighted by molar-refractivity contribution is 5.41. The molecule has 0 radical (unpaired) electrons. The highest BCUT2D eigenvalue weighted by Crippen LogP contribution is 2.60. The first-order valence-electron chi connectivity index (χ1n) is 8.12. The van der Waals surface area contributed by atoms with Crippen LogP contribution < -0.4 is 0 Å². The van der Waals surface area contributed by atoms with Crippen LogP contribution in [0.5, 0.6) is 0 Å². The molecule has 116 valence electrons. The molecule has 0 saturated carbocycles. The summed E-state index contributed by atoms with van der Waals surface area (Å²) >= 11 is 0. The van der Waals surface area contributed by atoms with Crippen LogP contribution in [-0.2, 0) is 10.3 Å². The maximum Gasteiger partial charge on any atom is 0.126 e. The zero-order valence-electron chi connectivity index (χ0n) is 14.1. The van der Waals surface area contributed by atoms with E-state index in [1.54, 1.807) is 0 Å². The molecule has 0 bridgehead atoms. The van der Waals surface area contributed by atoms with Crippen molar-refractivity contribution in [2.75, 3.05) is 6.61 Å². The molecular weight excluding hydrogens is 268 g/mol. The van der Waals surface area contributed by atoms with Crippen LogP contribution in [0.2, 0.25) is 0 Å². The van der Waals surface area contributed by atoms with Crippen LogP contribution >= 0.6 is 0 Å². The molecule has 0 aliphatic carbocycles. The molecule has 2 aromatic carbocycles. The van der Waals surface area contributed by atoms with Crippen molar-refractivity contribution in [1.29, 1.82) is 0 Å². The van der Waals surface area contributed by atoms with E-state index in [4.69, 9.17) is 4.74 Å². The number of hydrogen-bond donors (Lipinski definition) is 0. The fourth-order valence-electron chi connectivity index (χ4n) is 4.18. The number of hydrogen-bond acceptors (Lipinski definition) is 1. The molecule has 1 heteroatoms. The summed E-state index contributed by atoms with van der Waals surface area (Å²) in [6.45, 7) is 10.1. The Bertz CT molecular complexity index is 584. The molecule has 0 amide bonds. The minimum atomic E-state index is -0.331. The molecule has 1 saturated heterocycles. The Morgan fingerprint density at radius 3 is 1.64 bits per heavy atom. The lowest BCUT2D eigenvalue weighted by Crippen LogP contribution is -2.60. The summed E-state index contributed by atoms with van der Waals surface area (Å²) in [5, 5.41) is 0. The SMILES string of the molecule is CC(C)(C)CC1(C)COC1(c1ccccc1)c1ccccc1. The van der Waals surface area contributed by atoms with Crippen molar-refractivity contribution >= 4 is 0 Å². The third-order valence-electron chi connectivity index (χ3n) is 4.74. The second kappa shape index (κ2) is 5.24. The van der Waals surface area contributed by atoms with E-state index in [1.165, 1.54) is 11.1 Å². The summed E-state index contributed by atoms with van der Waals surface area (Å²) in [6.07, 6.45) is 1.13. The molecular formula is C21H26O. The fraction of sp³-hybridized carbons (Fsp3) is 0.429. The van der Waals surface area contributed by atoms with Crippen LogP contribution in [0, 0.1) is 10.8 Å². The van der Waals surface area contributed by atoms with Crippen LogP contribution in [0.3, 0.4) is 0 Å².